The molecule has 2 saturated heterocycles. The number of carbonyl (C=O) groups excluding carboxylic acids is 1. The molecular weight excluding hydrogens is 300 g/mol. The zero-order chi connectivity index (χ0) is 16.4. The molecule has 1 aromatic heterocycles. The Hall–Kier alpha value is -1.65. The summed E-state index contributed by atoms with van der Waals surface area (Å²) in [6, 6.07) is 2.34. The molecule has 2 aliphatic heterocycles. The fraction of sp³-hybridized carbons (Fsp3) is 0.737. The monoisotopic (exact) mass is 328 g/mol. The average Bonchev–Trinajstić information content (AvgIpc) is 3.49. The first-order valence-corrected chi connectivity index (χ1v) is 9.65. The number of amides is 1. The van der Waals surface area contributed by atoms with Gasteiger partial charge in [-0.25, -0.2) is 9.97 Å². The van der Waals surface area contributed by atoms with E-state index in [1.807, 2.05) is 18.5 Å². The molecule has 0 N–H and O–H groups in total. The average molecular weight is 328 g/mol. The van der Waals surface area contributed by atoms with Crippen molar-refractivity contribution in [2.75, 3.05) is 24.5 Å². The van der Waals surface area contributed by atoms with Crippen molar-refractivity contribution in [1.82, 2.24) is 14.9 Å². The number of likely N-dealkylation sites (tertiary alicyclic amines) is 1. The van der Waals surface area contributed by atoms with Crippen molar-refractivity contribution in [3.8, 4) is 0 Å². The van der Waals surface area contributed by atoms with Gasteiger partial charge < -0.3 is 9.80 Å². The lowest BCUT2D eigenvalue weighted by Crippen LogP contribution is -2.48. The molecule has 3 aliphatic rings. The Kier molecular flexibility index (Phi) is 4.67. The van der Waals surface area contributed by atoms with Crippen LogP contribution in [0.25, 0.3) is 0 Å². The van der Waals surface area contributed by atoms with E-state index in [1.54, 1.807) is 0 Å². The number of hydrogen-bond acceptors (Lipinski definition) is 4. The zero-order valence-electron chi connectivity index (χ0n) is 14.4. The van der Waals surface area contributed by atoms with E-state index in [0.717, 1.165) is 51.3 Å². The quantitative estimate of drug-likeness (QED) is 0.856. The van der Waals surface area contributed by atoms with Crippen LogP contribution in [0.5, 0.6) is 0 Å². The van der Waals surface area contributed by atoms with Crippen LogP contribution in [0.1, 0.15) is 51.4 Å². The summed E-state index contributed by atoms with van der Waals surface area (Å²) in [6.07, 6.45) is 13.1. The molecule has 5 heteroatoms. The summed E-state index contributed by atoms with van der Waals surface area (Å²) in [5, 5.41) is 0. The van der Waals surface area contributed by atoms with Gasteiger partial charge in [-0.3, -0.25) is 4.79 Å². The molecule has 1 saturated carbocycles. The predicted octanol–water partition coefficient (Wildman–Crippen LogP) is 2.87. The Morgan fingerprint density at radius 1 is 0.917 bits per heavy atom. The molecule has 1 aromatic rings. The highest BCUT2D eigenvalue weighted by Gasteiger charge is 2.39. The first-order chi connectivity index (χ1) is 11.8. The maximum Gasteiger partial charge on any atom is 0.225 e. The number of aromatic nitrogens is 2. The molecule has 0 unspecified atom stereocenters. The molecule has 1 aliphatic carbocycles. The van der Waals surface area contributed by atoms with E-state index in [2.05, 4.69) is 19.8 Å². The van der Waals surface area contributed by atoms with Crippen LogP contribution in [0.2, 0.25) is 0 Å². The van der Waals surface area contributed by atoms with Gasteiger partial charge in [0.15, 0.2) is 0 Å². The van der Waals surface area contributed by atoms with Crippen LogP contribution in [0, 0.1) is 11.8 Å². The zero-order valence-corrected chi connectivity index (χ0v) is 14.4. The van der Waals surface area contributed by atoms with Gasteiger partial charge in [0.05, 0.1) is 0 Å². The summed E-state index contributed by atoms with van der Waals surface area (Å²) in [5.74, 6) is 2.30. The Morgan fingerprint density at radius 2 is 1.67 bits per heavy atom. The van der Waals surface area contributed by atoms with Crippen LogP contribution >= 0.6 is 0 Å². The van der Waals surface area contributed by atoms with Crippen molar-refractivity contribution in [2.45, 2.75) is 57.4 Å². The van der Waals surface area contributed by atoms with Gasteiger partial charge in [0.1, 0.15) is 0 Å². The normalized spacial score (nSPS) is 26.2. The van der Waals surface area contributed by atoms with E-state index in [-0.39, 0.29) is 0 Å². The Bertz CT molecular complexity index is 552. The molecule has 0 aromatic carbocycles. The molecule has 3 heterocycles. The number of anilines is 1. The Morgan fingerprint density at radius 3 is 2.38 bits per heavy atom. The van der Waals surface area contributed by atoms with Crippen molar-refractivity contribution in [1.29, 1.82) is 0 Å². The molecule has 0 spiro atoms. The lowest BCUT2D eigenvalue weighted by atomic mass is 9.86. The third kappa shape index (κ3) is 3.40. The van der Waals surface area contributed by atoms with Crippen molar-refractivity contribution >= 4 is 11.9 Å². The summed E-state index contributed by atoms with van der Waals surface area (Å²) in [7, 11) is 0. The third-order valence-corrected chi connectivity index (χ3v) is 5.93. The third-order valence-electron chi connectivity index (χ3n) is 5.93. The van der Waals surface area contributed by atoms with Crippen molar-refractivity contribution in [3.05, 3.63) is 18.5 Å². The van der Waals surface area contributed by atoms with Gasteiger partial charge in [-0.05, 0) is 50.5 Å². The topological polar surface area (TPSA) is 49.3 Å². The predicted molar refractivity (Wildman–Crippen MR) is 93.7 cm³/mol. The molecule has 0 bridgehead atoms. The molecule has 4 rings (SSSR count). The number of rotatable bonds is 3. The smallest absolute Gasteiger partial charge is 0.225 e. The standard InChI is InChI=1S/C19H28N4O/c24-18(16-6-7-16)23-12-3-1-2-5-17(23)15-8-13-22(14-9-15)19-20-10-4-11-21-19/h4,10-11,15-17H,1-3,5-9,12-14H2/t17-/m1/s1. The lowest BCUT2D eigenvalue weighted by Gasteiger charge is -2.40. The van der Waals surface area contributed by atoms with Crippen molar-refractivity contribution in [2.24, 2.45) is 11.8 Å². The van der Waals surface area contributed by atoms with E-state index in [1.165, 1.54) is 25.7 Å². The number of piperidine rings is 1. The number of carbonyl (C=O) groups is 1. The maximum atomic E-state index is 12.7. The van der Waals surface area contributed by atoms with Gasteiger partial charge in [-0.2, -0.15) is 0 Å². The minimum absolute atomic E-state index is 0.350. The summed E-state index contributed by atoms with van der Waals surface area (Å²) in [6.45, 7) is 3.01. The van der Waals surface area contributed by atoms with Gasteiger partial charge >= 0.3 is 0 Å². The molecule has 130 valence electrons. The van der Waals surface area contributed by atoms with E-state index in [0.29, 0.717) is 23.8 Å². The van der Waals surface area contributed by atoms with Crippen LogP contribution in [0.3, 0.4) is 0 Å². The fourth-order valence-corrected chi connectivity index (χ4v) is 4.40. The first kappa shape index (κ1) is 15.9. The Balaban J connectivity index is 1.41. The molecule has 1 atom stereocenters. The molecule has 5 nitrogen and oxygen atoms in total. The summed E-state index contributed by atoms with van der Waals surface area (Å²) in [5.41, 5.74) is 0. The summed E-state index contributed by atoms with van der Waals surface area (Å²) < 4.78 is 0. The van der Waals surface area contributed by atoms with Crippen LogP contribution in [-0.4, -0.2) is 46.5 Å². The Labute approximate surface area is 144 Å². The van der Waals surface area contributed by atoms with Gasteiger partial charge in [0, 0.05) is 44.0 Å². The SMILES string of the molecule is O=C(C1CC1)N1CCCCC[C@@H]1C1CCN(c2ncccn2)CC1. The summed E-state index contributed by atoms with van der Waals surface area (Å²) >= 11 is 0. The van der Waals surface area contributed by atoms with Crippen LogP contribution in [-0.2, 0) is 4.79 Å². The number of nitrogens with zero attached hydrogens (tertiary/aromatic N) is 4. The van der Waals surface area contributed by atoms with E-state index in [4.69, 9.17) is 0 Å². The highest BCUT2D eigenvalue weighted by molar-refractivity contribution is 5.81. The second kappa shape index (κ2) is 7.08. The second-order valence-electron chi connectivity index (χ2n) is 7.60. The van der Waals surface area contributed by atoms with Gasteiger partial charge in [0.2, 0.25) is 11.9 Å². The van der Waals surface area contributed by atoms with E-state index in [9.17, 15) is 4.79 Å². The first-order valence-electron chi connectivity index (χ1n) is 9.65. The minimum atomic E-state index is 0.350. The maximum absolute atomic E-state index is 12.7. The van der Waals surface area contributed by atoms with Gasteiger partial charge in [0.25, 0.3) is 0 Å². The largest absolute Gasteiger partial charge is 0.341 e. The van der Waals surface area contributed by atoms with Crippen molar-refractivity contribution in [3.63, 3.8) is 0 Å². The van der Waals surface area contributed by atoms with Crippen molar-refractivity contribution < 1.29 is 4.79 Å². The molecule has 1 amide bonds. The van der Waals surface area contributed by atoms with Gasteiger partial charge in [-0.1, -0.05) is 12.8 Å². The van der Waals surface area contributed by atoms with E-state index < -0.39 is 0 Å². The highest BCUT2D eigenvalue weighted by atomic mass is 16.2. The fourth-order valence-electron chi connectivity index (χ4n) is 4.40. The van der Waals surface area contributed by atoms with E-state index >= 15 is 0 Å². The van der Waals surface area contributed by atoms with Crippen LogP contribution in [0.4, 0.5) is 5.95 Å². The second-order valence-corrected chi connectivity index (χ2v) is 7.60. The molecule has 24 heavy (non-hydrogen) atoms. The van der Waals surface area contributed by atoms with Crippen LogP contribution in [0.15, 0.2) is 18.5 Å². The highest BCUT2D eigenvalue weighted by Crippen LogP contribution is 2.36. The van der Waals surface area contributed by atoms with Crippen LogP contribution < -0.4 is 4.90 Å². The summed E-state index contributed by atoms with van der Waals surface area (Å²) in [4.78, 5) is 26.1. The molecule has 0 radical (unpaired) electrons. The molecular formula is C19H28N4O. The minimum Gasteiger partial charge on any atom is -0.341 e. The number of hydrogen-bond donors (Lipinski definition) is 0. The molecule has 3 fully saturated rings. The van der Waals surface area contributed by atoms with Gasteiger partial charge in [-0.15, -0.1) is 0 Å². The lowest BCUT2D eigenvalue weighted by molar-refractivity contribution is -0.136.